The molecule has 1 amide bonds. The first-order valence-corrected chi connectivity index (χ1v) is 5.51. The van der Waals surface area contributed by atoms with Gasteiger partial charge >= 0.3 is 6.18 Å². The van der Waals surface area contributed by atoms with Crippen LogP contribution in [0.3, 0.4) is 0 Å². The molecule has 104 valence electrons. The minimum Gasteiger partial charge on any atom is -0.493 e. The second-order valence-electron chi connectivity index (χ2n) is 3.88. The summed E-state index contributed by atoms with van der Waals surface area (Å²) in [6.07, 6.45) is -4.57. The van der Waals surface area contributed by atoms with Crippen LogP contribution in [-0.4, -0.2) is 16.0 Å². The van der Waals surface area contributed by atoms with Crippen molar-refractivity contribution >= 4 is 11.6 Å². The molecule has 4 nitrogen and oxygen atoms in total. The molecular formula is C13H9F3N2O2. The number of alkyl halides is 3. The van der Waals surface area contributed by atoms with Gasteiger partial charge in [-0.15, -0.1) is 0 Å². The Morgan fingerprint density at radius 3 is 2.45 bits per heavy atom. The molecule has 0 aliphatic rings. The molecule has 0 aliphatic heterocycles. The lowest BCUT2D eigenvalue weighted by atomic mass is 10.1. The average molecular weight is 282 g/mol. The lowest BCUT2D eigenvalue weighted by Crippen LogP contribution is -2.17. The first-order chi connectivity index (χ1) is 9.38. The summed E-state index contributed by atoms with van der Waals surface area (Å²) in [7, 11) is 0. The second kappa shape index (κ2) is 5.20. The van der Waals surface area contributed by atoms with Gasteiger partial charge in [-0.2, -0.15) is 13.2 Å². The molecule has 0 fully saturated rings. The van der Waals surface area contributed by atoms with E-state index in [4.69, 9.17) is 5.11 Å². The highest BCUT2D eigenvalue weighted by atomic mass is 19.4. The van der Waals surface area contributed by atoms with Crippen molar-refractivity contribution < 1.29 is 23.1 Å². The van der Waals surface area contributed by atoms with E-state index in [2.05, 4.69) is 10.3 Å². The molecule has 2 rings (SSSR count). The quantitative estimate of drug-likeness (QED) is 0.889. The van der Waals surface area contributed by atoms with Gasteiger partial charge in [-0.3, -0.25) is 4.79 Å². The van der Waals surface area contributed by atoms with Crippen molar-refractivity contribution in [3.8, 4) is 5.88 Å². The Labute approximate surface area is 111 Å². The lowest BCUT2D eigenvalue weighted by Gasteiger charge is -2.13. The zero-order chi connectivity index (χ0) is 14.8. The molecule has 2 N–H and O–H groups in total. The van der Waals surface area contributed by atoms with Gasteiger partial charge in [0.1, 0.15) is 5.69 Å². The summed E-state index contributed by atoms with van der Waals surface area (Å²) in [6.45, 7) is 0. The van der Waals surface area contributed by atoms with Crippen LogP contribution in [-0.2, 0) is 6.18 Å². The molecule has 20 heavy (non-hydrogen) atoms. The molecule has 1 heterocycles. The monoisotopic (exact) mass is 282 g/mol. The summed E-state index contributed by atoms with van der Waals surface area (Å²) in [4.78, 5) is 15.3. The fraction of sp³-hybridized carbons (Fsp3) is 0.0769. The molecule has 0 aliphatic carbocycles. The van der Waals surface area contributed by atoms with Crippen LogP contribution < -0.4 is 5.32 Å². The SMILES string of the molecule is O=C(Nc1ccccc1C(F)(F)F)c1cccc(O)n1. The molecule has 1 aromatic carbocycles. The Morgan fingerprint density at radius 1 is 1.10 bits per heavy atom. The van der Waals surface area contributed by atoms with Gasteiger partial charge in [0, 0.05) is 6.07 Å². The van der Waals surface area contributed by atoms with Gasteiger partial charge in [-0.1, -0.05) is 18.2 Å². The number of carbonyl (C=O) groups excluding carboxylic acids is 1. The van der Waals surface area contributed by atoms with E-state index in [9.17, 15) is 18.0 Å². The number of halogens is 3. The third kappa shape index (κ3) is 3.05. The fourth-order valence-corrected chi connectivity index (χ4v) is 1.58. The number of aromatic nitrogens is 1. The fourth-order valence-electron chi connectivity index (χ4n) is 1.58. The van der Waals surface area contributed by atoms with Gasteiger partial charge in [-0.25, -0.2) is 4.98 Å². The Morgan fingerprint density at radius 2 is 1.80 bits per heavy atom. The number of para-hydroxylation sites is 1. The second-order valence-corrected chi connectivity index (χ2v) is 3.88. The number of rotatable bonds is 2. The molecule has 0 saturated carbocycles. The van der Waals surface area contributed by atoms with Crippen LogP contribution in [0.15, 0.2) is 42.5 Å². The molecule has 7 heteroatoms. The molecule has 0 bridgehead atoms. The van der Waals surface area contributed by atoms with Crippen LogP contribution in [0, 0.1) is 0 Å². The molecular weight excluding hydrogens is 273 g/mol. The Hall–Kier alpha value is -2.57. The van der Waals surface area contributed by atoms with Gasteiger partial charge in [0.15, 0.2) is 0 Å². The van der Waals surface area contributed by atoms with E-state index in [1.54, 1.807) is 0 Å². The molecule has 0 saturated heterocycles. The third-order valence-electron chi connectivity index (χ3n) is 2.45. The van der Waals surface area contributed by atoms with Gasteiger partial charge < -0.3 is 10.4 Å². The van der Waals surface area contributed by atoms with Crippen LogP contribution in [0.25, 0.3) is 0 Å². The minimum atomic E-state index is -4.57. The van der Waals surface area contributed by atoms with E-state index < -0.39 is 17.6 Å². The average Bonchev–Trinajstić information content (AvgIpc) is 2.38. The highest BCUT2D eigenvalue weighted by Crippen LogP contribution is 2.34. The highest BCUT2D eigenvalue weighted by Gasteiger charge is 2.33. The lowest BCUT2D eigenvalue weighted by molar-refractivity contribution is -0.136. The smallest absolute Gasteiger partial charge is 0.418 e. The first kappa shape index (κ1) is 13.9. The topological polar surface area (TPSA) is 62.2 Å². The Bertz CT molecular complexity index is 642. The largest absolute Gasteiger partial charge is 0.493 e. The zero-order valence-electron chi connectivity index (χ0n) is 9.98. The summed E-state index contributed by atoms with van der Waals surface area (Å²) in [5, 5.41) is 11.3. The van der Waals surface area contributed by atoms with E-state index in [1.807, 2.05) is 0 Å². The predicted octanol–water partition coefficient (Wildman–Crippen LogP) is 3.06. The highest BCUT2D eigenvalue weighted by molar-refractivity contribution is 6.03. The maximum absolute atomic E-state index is 12.8. The number of carbonyl (C=O) groups is 1. The number of nitrogens with zero attached hydrogens (tertiary/aromatic N) is 1. The standard InChI is InChI=1S/C13H9F3N2O2/c14-13(15,16)8-4-1-2-5-9(8)18-12(20)10-6-3-7-11(19)17-10/h1-7H,(H,17,19)(H,18,20). The van der Waals surface area contributed by atoms with Crippen LogP contribution in [0.5, 0.6) is 5.88 Å². The summed E-state index contributed by atoms with van der Waals surface area (Å²) >= 11 is 0. The molecule has 0 unspecified atom stereocenters. The number of aromatic hydroxyl groups is 1. The molecule has 0 radical (unpaired) electrons. The van der Waals surface area contributed by atoms with Crippen molar-refractivity contribution in [2.75, 3.05) is 5.32 Å². The van der Waals surface area contributed by atoms with Crippen LogP contribution in [0.2, 0.25) is 0 Å². The van der Waals surface area contributed by atoms with E-state index >= 15 is 0 Å². The summed E-state index contributed by atoms with van der Waals surface area (Å²) in [6, 6.07) is 8.51. The van der Waals surface area contributed by atoms with Crippen molar-refractivity contribution in [2.24, 2.45) is 0 Å². The summed E-state index contributed by atoms with van der Waals surface area (Å²) in [5.41, 5.74) is -1.49. The van der Waals surface area contributed by atoms with Gasteiger partial charge in [0.25, 0.3) is 5.91 Å². The zero-order valence-corrected chi connectivity index (χ0v) is 9.98. The minimum absolute atomic E-state index is 0.179. The molecule has 1 aromatic heterocycles. The van der Waals surface area contributed by atoms with Crippen molar-refractivity contribution in [2.45, 2.75) is 6.18 Å². The summed E-state index contributed by atoms with van der Waals surface area (Å²) in [5.74, 6) is -1.22. The number of hydrogen-bond donors (Lipinski definition) is 2. The molecule has 0 spiro atoms. The van der Waals surface area contributed by atoms with Crippen molar-refractivity contribution in [1.82, 2.24) is 4.98 Å². The maximum Gasteiger partial charge on any atom is 0.418 e. The number of anilines is 1. The number of nitrogens with one attached hydrogen (secondary N) is 1. The van der Waals surface area contributed by atoms with Crippen LogP contribution >= 0.6 is 0 Å². The number of benzene rings is 1. The van der Waals surface area contributed by atoms with Crippen molar-refractivity contribution in [3.05, 3.63) is 53.7 Å². The summed E-state index contributed by atoms with van der Waals surface area (Å²) < 4.78 is 38.3. The predicted molar refractivity (Wildman–Crippen MR) is 65.3 cm³/mol. The van der Waals surface area contributed by atoms with Crippen molar-refractivity contribution in [1.29, 1.82) is 0 Å². The van der Waals surface area contributed by atoms with E-state index in [1.165, 1.54) is 30.3 Å². The van der Waals surface area contributed by atoms with Gasteiger partial charge in [-0.05, 0) is 18.2 Å². The van der Waals surface area contributed by atoms with Crippen LogP contribution in [0.1, 0.15) is 16.1 Å². The van der Waals surface area contributed by atoms with E-state index in [0.717, 1.165) is 12.1 Å². The number of amides is 1. The van der Waals surface area contributed by atoms with Crippen LogP contribution in [0.4, 0.5) is 18.9 Å². The number of hydrogen-bond acceptors (Lipinski definition) is 3. The normalized spacial score (nSPS) is 11.2. The molecule has 2 aromatic rings. The molecule has 0 atom stereocenters. The van der Waals surface area contributed by atoms with Gasteiger partial charge in [0.05, 0.1) is 11.3 Å². The van der Waals surface area contributed by atoms with Gasteiger partial charge in [0.2, 0.25) is 5.88 Å². The Kier molecular flexibility index (Phi) is 3.60. The maximum atomic E-state index is 12.8. The number of pyridine rings is 1. The third-order valence-corrected chi connectivity index (χ3v) is 2.45. The van der Waals surface area contributed by atoms with Crippen molar-refractivity contribution in [3.63, 3.8) is 0 Å². The van der Waals surface area contributed by atoms with E-state index in [-0.39, 0.29) is 17.3 Å². The Balaban J connectivity index is 2.29. The first-order valence-electron chi connectivity index (χ1n) is 5.51. The van der Waals surface area contributed by atoms with E-state index in [0.29, 0.717) is 0 Å².